The fourth-order valence-electron chi connectivity index (χ4n) is 1.88. The molecule has 2 heteroatoms. The number of hydrogen-bond donors (Lipinski definition) is 0. The summed E-state index contributed by atoms with van der Waals surface area (Å²) in [4.78, 5) is 2.21. The second-order valence-corrected chi connectivity index (χ2v) is 5.34. The largest absolute Gasteiger partial charge is 0.368 e. The first kappa shape index (κ1) is 13.9. The van der Waals surface area contributed by atoms with Crippen molar-refractivity contribution in [3.8, 4) is 0 Å². The molecule has 0 aromatic carbocycles. The molecule has 0 spiro atoms. The van der Waals surface area contributed by atoms with E-state index in [1.807, 2.05) is 0 Å². The van der Waals surface area contributed by atoms with E-state index < -0.39 is 0 Å². The zero-order chi connectivity index (χ0) is 11.4. The SMILES string of the molecule is CCC(CC)(CN(C)C)OC(C)(C)C. The van der Waals surface area contributed by atoms with Crippen LogP contribution >= 0.6 is 0 Å². The first-order chi connectivity index (χ1) is 6.24. The van der Waals surface area contributed by atoms with Crippen LogP contribution in [0.5, 0.6) is 0 Å². The summed E-state index contributed by atoms with van der Waals surface area (Å²) in [5, 5.41) is 0. The van der Waals surface area contributed by atoms with Crippen LogP contribution < -0.4 is 0 Å². The highest BCUT2D eigenvalue weighted by Crippen LogP contribution is 2.27. The standard InChI is InChI=1S/C12H27NO/c1-8-12(9-2,10-13(6)7)14-11(3,4)5/h8-10H2,1-7H3. The minimum Gasteiger partial charge on any atom is -0.368 e. The van der Waals surface area contributed by atoms with E-state index >= 15 is 0 Å². The molecule has 2 nitrogen and oxygen atoms in total. The summed E-state index contributed by atoms with van der Waals surface area (Å²) in [6, 6.07) is 0. The van der Waals surface area contributed by atoms with Crippen LogP contribution in [0.2, 0.25) is 0 Å². The Morgan fingerprint density at radius 3 is 1.64 bits per heavy atom. The molecule has 0 aliphatic carbocycles. The van der Waals surface area contributed by atoms with E-state index in [4.69, 9.17) is 4.74 Å². The third-order valence-corrected chi connectivity index (χ3v) is 2.42. The molecule has 0 saturated carbocycles. The lowest BCUT2D eigenvalue weighted by atomic mass is 9.95. The lowest BCUT2D eigenvalue weighted by Crippen LogP contribution is -2.46. The zero-order valence-corrected chi connectivity index (χ0v) is 11.0. The van der Waals surface area contributed by atoms with Gasteiger partial charge in [0.15, 0.2) is 0 Å². The van der Waals surface area contributed by atoms with Crippen LogP contribution in [0.25, 0.3) is 0 Å². The molecule has 0 heterocycles. The number of ether oxygens (including phenoxy) is 1. The third kappa shape index (κ3) is 4.97. The first-order valence-electron chi connectivity index (χ1n) is 5.59. The molecule has 0 N–H and O–H groups in total. The highest BCUT2D eigenvalue weighted by Gasteiger charge is 2.32. The first-order valence-corrected chi connectivity index (χ1v) is 5.59. The van der Waals surface area contributed by atoms with Crippen molar-refractivity contribution in [2.24, 2.45) is 0 Å². The molecule has 0 saturated heterocycles. The molecule has 0 aromatic heterocycles. The highest BCUT2D eigenvalue weighted by molar-refractivity contribution is 4.83. The maximum absolute atomic E-state index is 6.19. The minimum atomic E-state index is -0.0535. The summed E-state index contributed by atoms with van der Waals surface area (Å²) in [5.41, 5.74) is -0.0379. The molecule has 0 radical (unpaired) electrons. The maximum Gasteiger partial charge on any atom is 0.0810 e. The van der Waals surface area contributed by atoms with E-state index in [-0.39, 0.29) is 11.2 Å². The van der Waals surface area contributed by atoms with E-state index in [1.54, 1.807) is 0 Å². The molecular formula is C12H27NO. The molecule has 0 aromatic rings. The summed E-state index contributed by atoms with van der Waals surface area (Å²) in [6.07, 6.45) is 2.14. The monoisotopic (exact) mass is 201 g/mol. The molecule has 0 atom stereocenters. The van der Waals surface area contributed by atoms with Crippen molar-refractivity contribution in [1.29, 1.82) is 0 Å². The van der Waals surface area contributed by atoms with Gasteiger partial charge in [0, 0.05) is 6.54 Å². The van der Waals surface area contributed by atoms with E-state index in [0.717, 1.165) is 19.4 Å². The van der Waals surface area contributed by atoms with E-state index in [9.17, 15) is 0 Å². The Kier molecular flexibility index (Phi) is 5.10. The molecule has 14 heavy (non-hydrogen) atoms. The van der Waals surface area contributed by atoms with E-state index in [2.05, 4.69) is 53.6 Å². The van der Waals surface area contributed by atoms with E-state index in [0.29, 0.717) is 0 Å². The van der Waals surface area contributed by atoms with Crippen molar-refractivity contribution in [3.05, 3.63) is 0 Å². The van der Waals surface area contributed by atoms with Gasteiger partial charge in [0.2, 0.25) is 0 Å². The summed E-state index contributed by atoms with van der Waals surface area (Å²) < 4.78 is 6.19. The number of likely N-dealkylation sites (N-methyl/N-ethyl adjacent to an activating group) is 1. The summed E-state index contributed by atoms with van der Waals surface area (Å²) in [7, 11) is 4.21. The van der Waals surface area contributed by atoms with Gasteiger partial charge in [0.25, 0.3) is 0 Å². The van der Waals surface area contributed by atoms with Gasteiger partial charge < -0.3 is 9.64 Å². The van der Waals surface area contributed by atoms with Gasteiger partial charge in [-0.3, -0.25) is 0 Å². The average Bonchev–Trinajstić information content (AvgIpc) is 1.99. The predicted molar refractivity (Wildman–Crippen MR) is 62.7 cm³/mol. The van der Waals surface area contributed by atoms with Gasteiger partial charge >= 0.3 is 0 Å². The maximum atomic E-state index is 6.19. The van der Waals surface area contributed by atoms with Crippen LogP contribution in [0.3, 0.4) is 0 Å². The van der Waals surface area contributed by atoms with Crippen LogP contribution in [-0.4, -0.2) is 36.7 Å². The molecule has 0 amide bonds. The lowest BCUT2D eigenvalue weighted by molar-refractivity contribution is -0.143. The second-order valence-electron chi connectivity index (χ2n) is 5.34. The van der Waals surface area contributed by atoms with Crippen LogP contribution in [0, 0.1) is 0 Å². The van der Waals surface area contributed by atoms with Crippen molar-refractivity contribution in [3.63, 3.8) is 0 Å². The summed E-state index contributed by atoms with van der Waals surface area (Å²) in [6.45, 7) is 11.8. The molecule has 0 aliphatic rings. The molecule has 0 bridgehead atoms. The predicted octanol–water partition coefficient (Wildman–Crippen LogP) is 2.92. The number of hydrogen-bond acceptors (Lipinski definition) is 2. The van der Waals surface area contributed by atoms with Gasteiger partial charge in [-0.15, -0.1) is 0 Å². The van der Waals surface area contributed by atoms with Crippen molar-refractivity contribution in [2.45, 2.75) is 58.7 Å². The molecule has 86 valence electrons. The Labute approximate surface area is 89.6 Å². The summed E-state index contributed by atoms with van der Waals surface area (Å²) >= 11 is 0. The Balaban J connectivity index is 4.53. The molecule has 0 fully saturated rings. The van der Waals surface area contributed by atoms with Gasteiger partial charge in [0.1, 0.15) is 0 Å². The lowest BCUT2D eigenvalue weighted by Gasteiger charge is -2.40. The second kappa shape index (κ2) is 5.13. The Bertz CT molecular complexity index is 154. The van der Waals surface area contributed by atoms with Gasteiger partial charge in [-0.05, 0) is 47.7 Å². The van der Waals surface area contributed by atoms with E-state index in [1.165, 1.54) is 0 Å². The Morgan fingerprint density at radius 1 is 1.00 bits per heavy atom. The number of rotatable bonds is 5. The number of nitrogens with zero attached hydrogens (tertiary/aromatic N) is 1. The smallest absolute Gasteiger partial charge is 0.0810 e. The van der Waals surface area contributed by atoms with Crippen molar-refractivity contribution in [1.82, 2.24) is 4.90 Å². The van der Waals surface area contributed by atoms with Gasteiger partial charge in [-0.2, -0.15) is 0 Å². The fourth-order valence-corrected chi connectivity index (χ4v) is 1.88. The third-order valence-electron chi connectivity index (χ3n) is 2.42. The zero-order valence-electron chi connectivity index (χ0n) is 11.0. The topological polar surface area (TPSA) is 12.5 Å². The van der Waals surface area contributed by atoms with Crippen molar-refractivity contribution in [2.75, 3.05) is 20.6 Å². The molecule has 0 unspecified atom stereocenters. The van der Waals surface area contributed by atoms with Gasteiger partial charge in [-0.25, -0.2) is 0 Å². The van der Waals surface area contributed by atoms with Crippen molar-refractivity contribution < 1.29 is 4.74 Å². The normalized spacial score (nSPS) is 13.7. The average molecular weight is 201 g/mol. The molecular weight excluding hydrogens is 174 g/mol. The van der Waals surface area contributed by atoms with Gasteiger partial charge in [-0.1, -0.05) is 13.8 Å². The molecule has 0 rings (SSSR count). The Morgan fingerprint density at radius 2 is 1.43 bits per heavy atom. The quantitative estimate of drug-likeness (QED) is 0.678. The van der Waals surface area contributed by atoms with Crippen molar-refractivity contribution >= 4 is 0 Å². The highest BCUT2D eigenvalue weighted by atomic mass is 16.5. The van der Waals surface area contributed by atoms with Crippen LogP contribution in [-0.2, 0) is 4.74 Å². The van der Waals surface area contributed by atoms with Crippen LogP contribution in [0.1, 0.15) is 47.5 Å². The summed E-state index contributed by atoms with van der Waals surface area (Å²) in [5.74, 6) is 0. The minimum absolute atomic E-state index is 0.0156. The van der Waals surface area contributed by atoms with Crippen LogP contribution in [0.15, 0.2) is 0 Å². The van der Waals surface area contributed by atoms with Crippen LogP contribution in [0.4, 0.5) is 0 Å². The fraction of sp³-hybridized carbons (Fsp3) is 1.00. The Hall–Kier alpha value is -0.0800. The molecule has 0 aliphatic heterocycles. The van der Waals surface area contributed by atoms with Gasteiger partial charge in [0.05, 0.1) is 11.2 Å².